The third-order valence-electron chi connectivity index (χ3n) is 2.71. The van der Waals surface area contributed by atoms with Gasteiger partial charge in [0, 0.05) is 12.7 Å². The van der Waals surface area contributed by atoms with Gasteiger partial charge in [0.25, 0.3) is 0 Å². The predicted octanol–water partition coefficient (Wildman–Crippen LogP) is 2.24. The minimum Gasteiger partial charge on any atom is -0.321 e. The van der Waals surface area contributed by atoms with Crippen LogP contribution < -0.4 is 5.32 Å². The molecule has 0 bridgehead atoms. The van der Waals surface area contributed by atoms with Gasteiger partial charge in [-0.05, 0) is 13.0 Å². The van der Waals surface area contributed by atoms with E-state index in [0.29, 0.717) is 0 Å². The first-order valence-corrected chi connectivity index (χ1v) is 6.15. The third-order valence-corrected chi connectivity index (χ3v) is 3.15. The second kappa shape index (κ2) is 5.40. The molecule has 0 saturated carbocycles. The molecule has 0 fully saturated rings. The highest BCUT2D eigenvalue weighted by molar-refractivity contribution is 6.32. The molecule has 2 aromatic rings. The number of amides is 1. The molecule has 10 heteroatoms. The quantitative estimate of drug-likeness (QED) is 0.943. The SMILES string of the molecule is Cc1cc(C(F)(F)F)nn1CC(=O)Nc1cnn(C)c1Cl. The smallest absolute Gasteiger partial charge is 0.321 e. The molecular weight excluding hydrogens is 311 g/mol. The Hall–Kier alpha value is -2.03. The molecule has 0 saturated heterocycles. The molecule has 6 nitrogen and oxygen atoms in total. The van der Waals surface area contributed by atoms with Gasteiger partial charge in [0.1, 0.15) is 11.7 Å². The van der Waals surface area contributed by atoms with Crippen molar-refractivity contribution in [2.75, 3.05) is 5.32 Å². The van der Waals surface area contributed by atoms with Crippen LogP contribution in [0, 0.1) is 6.92 Å². The lowest BCUT2D eigenvalue weighted by Crippen LogP contribution is -2.20. The number of carbonyl (C=O) groups excluding carboxylic acids is 1. The van der Waals surface area contributed by atoms with Crippen LogP contribution >= 0.6 is 11.6 Å². The molecule has 2 heterocycles. The number of nitrogens with one attached hydrogen (secondary N) is 1. The molecule has 0 unspecified atom stereocenters. The lowest BCUT2D eigenvalue weighted by Gasteiger charge is -2.06. The number of aryl methyl sites for hydroxylation is 2. The second-order valence-electron chi connectivity index (χ2n) is 4.35. The molecule has 2 aromatic heterocycles. The summed E-state index contributed by atoms with van der Waals surface area (Å²) >= 11 is 5.87. The van der Waals surface area contributed by atoms with Gasteiger partial charge < -0.3 is 5.32 Å². The third kappa shape index (κ3) is 3.35. The minimum absolute atomic E-state index is 0.219. The molecule has 0 spiro atoms. The van der Waals surface area contributed by atoms with Gasteiger partial charge in [0.15, 0.2) is 5.69 Å². The summed E-state index contributed by atoms with van der Waals surface area (Å²) in [4.78, 5) is 11.8. The summed E-state index contributed by atoms with van der Waals surface area (Å²) in [6.07, 6.45) is -3.20. The van der Waals surface area contributed by atoms with Gasteiger partial charge in [-0.15, -0.1) is 0 Å². The molecule has 1 amide bonds. The second-order valence-corrected chi connectivity index (χ2v) is 4.71. The summed E-state index contributed by atoms with van der Waals surface area (Å²) in [6.45, 7) is 1.08. The Kier molecular flexibility index (Phi) is 3.95. The van der Waals surface area contributed by atoms with Crippen LogP contribution in [0.3, 0.4) is 0 Å². The van der Waals surface area contributed by atoms with Crippen molar-refractivity contribution in [3.8, 4) is 0 Å². The minimum atomic E-state index is -4.54. The van der Waals surface area contributed by atoms with E-state index >= 15 is 0 Å². The van der Waals surface area contributed by atoms with Gasteiger partial charge in [-0.2, -0.15) is 23.4 Å². The van der Waals surface area contributed by atoms with E-state index in [9.17, 15) is 18.0 Å². The van der Waals surface area contributed by atoms with E-state index in [4.69, 9.17) is 11.6 Å². The monoisotopic (exact) mass is 321 g/mol. The number of hydrogen-bond donors (Lipinski definition) is 1. The summed E-state index contributed by atoms with van der Waals surface area (Å²) in [7, 11) is 1.59. The number of aromatic nitrogens is 4. The lowest BCUT2D eigenvalue weighted by atomic mass is 10.3. The maximum Gasteiger partial charge on any atom is 0.435 e. The van der Waals surface area contributed by atoms with Crippen LogP contribution in [0.25, 0.3) is 0 Å². The molecule has 0 aliphatic rings. The number of anilines is 1. The zero-order valence-corrected chi connectivity index (χ0v) is 11.8. The average Bonchev–Trinajstić information content (AvgIpc) is 2.87. The molecule has 0 radical (unpaired) electrons. The van der Waals surface area contributed by atoms with Crippen LogP contribution in [0.4, 0.5) is 18.9 Å². The van der Waals surface area contributed by atoms with E-state index in [1.165, 1.54) is 17.8 Å². The maximum atomic E-state index is 12.5. The van der Waals surface area contributed by atoms with Crippen molar-refractivity contribution in [3.63, 3.8) is 0 Å². The fraction of sp³-hybridized carbons (Fsp3) is 0.364. The Labute approximate surface area is 122 Å². The molecule has 21 heavy (non-hydrogen) atoms. The summed E-state index contributed by atoms with van der Waals surface area (Å²) in [5.74, 6) is -0.551. The van der Waals surface area contributed by atoms with Crippen LogP contribution in [-0.2, 0) is 24.6 Å². The molecule has 1 N–H and O–H groups in total. The van der Waals surface area contributed by atoms with Gasteiger partial charge >= 0.3 is 6.18 Å². The van der Waals surface area contributed by atoms with Crippen molar-refractivity contribution in [1.29, 1.82) is 0 Å². The molecular formula is C11H11ClF3N5O. The lowest BCUT2D eigenvalue weighted by molar-refractivity contribution is -0.141. The number of halogens is 4. The first-order valence-electron chi connectivity index (χ1n) is 5.77. The Balaban J connectivity index is 2.10. The Bertz CT molecular complexity index is 676. The van der Waals surface area contributed by atoms with Crippen molar-refractivity contribution in [2.45, 2.75) is 19.6 Å². The van der Waals surface area contributed by atoms with Gasteiger partial charge in [-0.1, -0.05) is 11.6 Å². The van der Waals surface area contributed by atoms with Crippen LogP contribution in [-0.4, -0.2) is 25.5 Å². The molecule has 2 rings (SSSR count). The van der Waals surface area contributed by atoms with E-state index in [2.05, 4.69) is 15.5 Å². The number of alkyl halides is 3. The van der Waals surface area contributed by atoms with Crippen molar-refractivity contribution >= 4 is 23.2 Å². The first kappa shape index (κ1) is 15.4. The zero-order valence-electron chi connectivity index (χ0n) is 11.1. The highest BCUT2D eigenvalue weighted by Gasteiger charge is 2.34. The fourth-order valence-electron chi connectivity index (χ4n) is 1.64. The van der Waals surface area contributed by atoms with Gasteiger partial charge in [0.2, 0.25) is 5.91 Å². The number of carbonyl (C=O) groups is 1. The summed E-state index contributed by atoms with van der Waals surface area (Å²) in [6, 6.07) is 0.879. The first-order chi connectivity index (χ1) is 9.68. The van der Waals surface area contributed by atoms with Crippen LogP contribution in [0.15, 0.2) is 12.3 Å². The topological polar surface area (TPSA) is 64.7 Å². The maximum absolute atomic E-state index is 12.5. The van der Waals surface area contributed by atoms with E-state index in [0.717, 1.165) is 10.7 Å². The normalized spacial score (nSPS) is 11.7. The zero-order chi connectivity index (χ0) is 15.8. The van der Waals surface area contributed by atoms with Gasteiger partial charge in [0.05, 0.1) is 11.9 Å². The average molecular weight is 322 g/mol. The molecule has 0 atom stereocenters. The summed E-state index contributed by atoms with van der Waals surface area (Å²) < 4.78 is 39.9. The largest absolute Gasteiger partial charge is 0.435 e. The van der Waals surface area contributed by atoms with Crippen LogP contribution in [0.5, 0.6) is 0 Å². The van der Waals surface area contributed by atoms with Crippen LogP contribution in [0.2, 0.25) is 5.15 Å². The molecule has 114 valence electrons. The molecule has 0 aliphatic heterocycles. The fourth-order valence-corrected chi connectivity index (χ4v) is 1.78. The van der Waals surface area contributed by atoms with E-state index in [1.54, 1.807) is 7.05 Å². The Morgan fingerprint density at radius 3 is 2.62 bits per heavy atom. The molecule has 0 aromatic carbocycles. The van der Waals surface area contributed by atoms with E-state index in [-0.39, 0.29) is 23.1 Å². The summed E-state index contributed by atoms with van der Waals surface area (Å²) in [5, 5.41) is 9.87. The Morgan fingerprint density at radius 1 is 1.48 bits per heavy atom. The molecule has 0 aliphatic carbocycles. The van der Waals surface area contributed by atoms with Crippen molar-refractivity contribution < 1.29 is 18.0 Å². The summed E-state index contributed by atoms with van der Waals surface area (Å²) in [5.41, 5.74) is -0.521. The highest BCUT2D eigenvalue weighted by Crippen LogP contribution is 2.28. The van der Waals surface area contributed by atoms with Crippen LogP contribution in [0.1, 0.15) is 11.4 Å². The van der Waals surface area contributed by atoms with Gasteiger partial charge in [-0.25, -0.2) is 0 Å². The predicted molar refractivity (Wildman–Crippen MR) is 68.8 cm³/mol. The Morgan fingerprint density at radius 2 is 2.14 bits per heavy atom. The van der Waals surface area contributed by atoms with Crippen molar-refractivity contribution in [3.05, 3.63) is 28.8 Å². The van der Waals surface area contributed by atoms with E-state index < -0.39 is 17.8 Å². The highest BCUT2D eigenvalue weighted by atomic mass is 35.5. The standard InChI is InChI=1S/C11H11ClF3N5O/c1-6-3-8(11(13,14)15)18-20(6)5-9(21)17-7-4-16-19(2)10(7)12/h3-4H,5H2,1-2H3,(H,17,21). The number of rotatable bonds is 3. The van der Waals surface area contributed by atoms with E-state index in [1.807, 2.05) is 0 Å². The number of hydrogen-bond acceptors (Lipinski definition) is 3. The van der Waals surface area contributed by atoms with Gasteiger partial charge in [-0.3, -0.25) is 14.2 Å². The van der Waals surface area contributed by atoms with Crippen molar-refractivity contribution in [2.24, 2.45) is 7.05 Å². The number of nitrogens with zero attached hydrogens (tertiary/aromatic N) is 4. The van der Waals surface area contributed by atoms with Crippen molar-refractivity contribution in [1.82, 2.24) is 19.6 Å².